The van der Waals surface area contributed by atoms with Gasteiger partial charge in [0.2, 0.25) is 0 Å². The first-order valence-electron chi connectivity index (χ1n) is 7.79. The van der Waals surface area contributed by atoms with Crippen molar-refractivity contribution < 1.29 is 19.0 Å². The van der Waals surface area contributed by atoms with Gasteiger partial charge in [-0.3, -0.25) is 4.79 Å². The number of hydrogen-bond donors (Lipinski definition) is 0. The molecule has 0 unspecified atom stereocenters. The minimum atomic E-state index is -0.0413. The number of ketones is 1. The highest BCUT2D eigenvalue weighted by Crippen LogP contribution is 2.23. The second-order valence-electron chi connectivity index (χ2n) is 5.25. The van der Waals surface area contributed by atoms with Crippen molar-refractivity contribution in [2.24, 2.45) is 0 Å². The molecule has 0 fully saturated rings. The van der Waals surface area contributed by atoms with Gasteiger partial charge in [0.25, 0.3) is 0 Å². The van der Waals surface area contributed by atoms with E-state index in [4.69, 9.17) is 14.2 Å². The van der Waals surface area contributed by atoms with E-state index in [1.165, 1.54) is 6.08 Å². The number of benzene rings is 2. The van der Waals surface area contributed by atoms with Crippen molar-refractivity contribution in [1.29, 1.82) is 0 Å². The highest BCUT2D eigenvalue weighted by Gasteiger charge is 2.06. The minimum Gasteiger partial charge on any atom is -0.497 e. The Labute approximate surface area is 142 Å². The zero-order chi connectivity index (χ0) is 17.2. The van der Waals surface area contributed by atoms with Crippen molar-refractivity contribution in [3.8, 4) is 11.5 Å². The van der Waals surface area contributed by atoms with E-state index in [0.29, 0.717) is 31.3 Å². The van der Waals surface area contributed by atoms with E-state index in [0.717, 1.165) is 11.1 Å². The molecular weight excluding hydrogens is 304 g/mol. The Morgan fingerprint density at radius 1 is 1.04 bits per heavy atom. The molecule has 126 valence electrons. The summed E-state index contributed by atoms with van der Waals surface area (Å²) in [5, 5.41) is 0. The van der Waals surface area contributed by atoms with Crippen molar-refractivity contribution >= 4 is 5.78 Å². The van der Waals surface area contributed by atoms with Crippen LogP contribution in [0.1, 0.15) is 11.1 Å². The first kappa shape index (κ1) is 17.8. The zero-order valence-electron chi connectivity index (χ0n) is 13.9. The van der Waals surface area contributed by atoms with E-state index >= 15 is 0 Å². The second kappa shape index (κ2) is 9.53. The summed E-state index contributed by atoms with van der Waals surface area (Å²) in [7, 11) is 1.58. The molecule has 2 aromatic rings. The fourth-order valence-electron chi connectivity index (χ4n) is 2.19. The lowest BCUT2D eigenvalue weighted by molar-refractivity contribution is -0.114. The lowest BCUT2D eigenvalue weighted by Crippen LogP contribution is -2.07. The molecule has 0 aromatic heterocycles. The van der Waals surface area contributed by atoms with Crippen molar-refractivity contribution in [3.05, 3.63) is 72.3 Å². The summed E-state index contributed by atoms with van der Waals surface area (Å²) in [5.74, 6) is 1.27. The van der Waals surface area contributed by atoms with E-state index in [2.05, 4.69) is 6.58 Å². The molecule has 4 nitrogen and oxygen atoms in total. The Kier molecular flexibility index (Phi) is 7.05. The Bertz CT molecular complexity index is 665. The largest absolute Gasteiger partial charge is 0.497 e. The van der Waals surface area contributed by atoms with Crippen molar-refractivity contribution in [2.75, 3.05) is 20.3 Å². The normalized spacial score (nSPS) is 10.2. The van der Waals surface area contributed by atoms with Crippen LogP contribution in [0.3, 0.4) is 0 Å². The third kappa shape index (κ3) is 5.89. The minimum absolute atomic E-state index is 0.0413. The maximum absolute atomic E-state index is 11.5. The molecule has 24 heavy (non-hydrogen) atoms. The predicted octanol–water partition coefficient (Wildman–Crippen LogP) is 3.59. The van der Waals surface area contributed by atoms with Gasteiger partial charge >= 0.3 is 0 Å². The summed E-state index contributed by atoms with van der Waals surface area (Å²) in [6.07, 6.45) is 1.60. The van der Waals surface area contributed by atoms with Gasteiger partial charge in [-0.1, -0.05) is 36.9 Å². The van der Waals surface area contributed by atoms with Crippen LogP contribution < -0.4 is 9.47 Å². The first-order chi connectivity index (χ1) is 11.7. The fraction of sp³-hybridized carbons (Fsp3) is 0.250. The molecule has 0 saturated carbocycles. The van der Waals surface area contributed by atoms with Crippen LogP contribution in [0.15, 0.2) is 61.2 Å². The molecule has 0 N–H and O–H groups in total. The number of ether oxygens (including phenoxy) is 3. The van der Waals surface area contributed by atoms with Crippen LogP contribution in [-0.2, 0) is 22.6 Å². The van der Waals surface area contributed by atoms with Gasteiger partial charge < -0.3 is 14.2 Å². The van der Waals surface area contributed by atoms with Gasteiger partial charge in [0.05, 0.1) is 20.3 Å². The Morgan fingerprint density at radius 3 is 2.50 bits per heavy atom. The summed E-state index contributed by atoms with van der Waals surface area (Å²) in [6, 6.07) is 15.4. The maximum Gasteiger partial charge on any atom is 0.159 e. The molecule has 4 heteroatoms. The summed E-state index contributed by atoms with van der Waals surface area (Å²) >= 11 is 0. The van der Waals surface area contributed by atoms with Gasteiger partial charge in [-0.15, -0.1) is 0 Å². The summed E-state index contributed by atoms with van der Waals surface area (Å²) in [6.45, 7) is 4.95. The molecule has 0 bridgehead atoms. The lowest BCUT2D eigenvalue weighted by atomic mass is 10.1. The van der Waals surface area contributed by atoms with Gasteiger partial charge in [0.15, 0.2) is 5.78 Å². The number of hydrogen-bond acceptors (Lipinski definition) is 4. The van der Waals surface area contributed by atoms with E-state index in [9.17, 15) is 4.79 Å². The van der Waals surface area contributed by atoms with Crippen LogP contribution in [0.2, 0.25) is 0 Å². The number of carbonyl (C=O) groups excluding carboxylic acids is 1. The highest BCUT2D eigenvalue weighted by atomic mass is 16.5. The summed E-state index contributed by atoms with van der Waals surface area (Å²) in [4.78, 5) is 11.5. The van der Waals surface area contributed by atoms with E-state index < -0.39 is 0 Å². The van der Waals surface area contributed by atoms with Crippen LogP contribution in [0.25, 0.3) is 0 Å². The maximum atomic E-state index is 11.5. The summed E-state index contributed by atoms with van der Waals surface area (Å²) < 4.78 is 16.5. The van der Waals surface area contributed by atoms with Crippen LogP contribution in [-0.4, -0.2) is 26.1 Å². The lowest BCUT2D eigenvalue weighted by Gasteiger charge is -2.11. The average molecular weight is 326 g/mol. The molecule has 0 aliphatic carbocycles. The zero-order valence-corrected chi connectivity index (χ0v) is 13.9. The standard InChI is InChI=1S/C20H22O4/c1-3-18(21)11-17-12-19(22-2)14-20(13-17)24-10-9-23-15-16-7-5-4-6-8-16/h3-8,12-14H,1,9-11,15H2,2H3. The molecule has 0 atom stereocenters. The highest BCUT2D eigenvalue weighted by molar-refractivity contribution is 5.90. The van der Waals surface area contributed by atoms with Gasteiger partial charge in [0.1, 0.15) is 18.1 Å². The Hall–Kier alpha value is -2.59. The molecule has 0 spiro atoms. The number of rotatable bonds is 10. The van der Waals surface area contributed by atoms with Gasteiger partial charge in [-0.25, -0.2) is 0 Å². The quantitative estimate of drug-likeness (QED) is 0.494. The monoisotopic (exact) mass is 326 g/mol. The first-order valence-corrected chi connectivity index (χ1v) is 7.79. The number of methoxy groups -OCH3 is 1. The molecule has 2 rings (SSSR count). The van der Waals surface area contributed by atoms with Gasteiger partial charge in [0, 0.05) is 12.5 Å². The fourth-order valence-corrected chi connectivity index (χ4v) is 2.19. The van der Waals surface area contributed by atoms with E-state index in [-0.39, 0.29) is 12.2 Å². The van der Waals surface area contributed by atoms with Crippen LogP contribution in [0.4, 0.5) is 0 Å². The Morgan fingerprint density at radius 2 is 1.79 bits per heavy atom. The summed E-state index contributed by atoms with van der Waals surface area (Å²) in [5.41, 5.74) is 1.96. The van der Waals surface area contributed by atoms with Crippen molar-refractivity contribution in [2.45, 2.75) is 13.0 Å². The van der Waals surface area contributed by atoms with E-state index in [1.807, 2.05) is 42.5 Å². The van der Waals surface area contributed by atoms with Crippen molar-refractivity contribution in [1.82, 2.24) is 0 Å². The molecule has 0 heterocycles. The molecule has 0 amide bonds. The van der Waals surface area contributed by atoms with Crippen LogP contribution in [0.5, 0.6) is 11.5 Å². The van der Waals surface area contributed by atoms with Crippen LogP contribution in [0, 0.1) is 0 Å². The number of carbonyl (C=O) groups is 1. The molecule has 0 saturated heterocycles. The molecule has 0 aliphatic rings. The van der Waals surface area contributed by atoms with Gasteiger partial charge in [-0.05, 0) is 29.3 Å². The number of allylic oxidation sites excluding steroid dienone is 1. The molecule has 0 aliphatic heterocycles. The predicted molar refractivity (Wildman–Crippen MR) is 93.5 cm³/mol. The third-order valence-corrected chi connectivity index (χ3v) is 3.39. The van der Waals surface area contributed by atoms with Crippen LogP contribution >= 0.6 is 0 Å². The average Bonchev–Trinajstić information content (AvgIpc) is 2.62. The second-order valence-corrected chi connectivity index (χ2v) is 5.25. The molecule has 2 aromatic carbocycles. The van der Waals surface area contributed by atoms with E-state index in [1.54, 1.807) is 13.2 Å². The topological polar surface area (TPSA) is 44.8 Å². The molecule has 0 radical (unpaired) electrons. The SMILES string of the molecule is C=CC(=O)Cc1cc(OC)cc(OCCOCc2ccccc2)c1. The molecular formula is C20H22O4. The smallest absolute Gasteiger partial charge is 0.159 e. The van der Waals surface area contributed by atoms with Crippen molar-refractivity contribution in [3.63, 3.8) is 0 Å². The van der Waals surface area contributed by atoms with Gasteiger partial charge in [-0.2, -0.15) is 0 Å². The third-order valence-electron chi connectivity index (χ3n) is 3.39. The Balaban J connectivity index is 1.83.